The maximum atomic E-state index is 10.1. The first kappa shape index (κ1) is 10.3. The van der Waals surface area contributed by atoms with Gasteiger partial charge in [0.2, 0.25) is 0 Å². The summed E-state index contributed by atoms with van der Waals surface area (Å²) in [4.78, 5) is 3.92. The van der Waals surface area contributed by atoms with E-state index in [1.165, 1.54) is 0 Å². The monoisotopic (exact) mass is 263 g/mol. The van der Waals surface area contributed by atoms with Crippen LogP contribution in [-0.4, -0.2) is 10.1 Å². The van der Waals surface area contributed by atoms with E-state index in [9.17, 15) is 5.11 Å². The standard InChI is InChI=1S/C12H10BrNO/c13-11-3-1-2-10(8-11)12(15)9-4-6-14-7-5-9/h1-8,12,15H/t12-/m1/s1. The Hall–Kier alpha value is -1.19. The molecule has 0 radical (unpaired) electrons. The van der Waals surface area contributed by atoms with Crippen molar-refractivity contribution in [3.63, 3.8) is 0 Å². The average molecular weight is 264 g/mol. The second-order valence-corrected chi connectivity index (χ2v) is 4.15. The number of rotatable bonds is 2. The van der Waals surface area contributed by atoms with Crippen molar-refractivity contribution in [2.24, 2.45) is 0 Å². The Morgan fingerprint density at radius 3 is 2.47 bits per heavy atom. The zero-order chi connectivity index (χ0) is 10.7. The molecule has 0 aliphatic carbocycles. The molecule has 0 unspecified atom stereocenters. The lowest BCUT2D eigenvalue weighted by Crippen LogP contribution is -1.99. The van der Waals surface area contributed by atoms with Crippen LogP contribution < -0.4 is 0 Å². The highest BCUT2D eigenvalue weighted by Crippen LogP contribution is 2.23. The van der Waals surface area contributed by atoms with E-state index in [2.05, 4.69) is 20.9 Å². The van der Waals surface area contributed by atoms with Gasteiger partial charge in [-0.3, -0.25) is 4.98 Å². The first-order valence-corrected chi connectivity index (χ1v) is 5.40. The summed E-state index contributed by atoms with van der Waals surface area (Å²) in [6.45, 7) is 0. The molecule has 3 heteroatoms. The van der Waals surface area contributed by atoms with Crippen LogP contribution in [0, 0.1) is 0 Å². The number of benzene rings is 1. The summed E-state index contributed by atoms with van der Waals surface area (Å²) in [7, 11) is 0. The Morgan fingerprint density at radius 1 is 1.07 bits per heavy atom. The lowest BCUT2D eigenvalue weighted by Gasteiger charge is -2.11. The summed E-state index contributed by atoms with van der Waals surface area (Å²) < 4.78 is 0.966. The van der Waals surface area contributed by atoms with Crippen molar-refractivity contribution in [1.82, 2.24) is 4.98 Å². The Bertz CT molecular complexity index is 444. The quantitative estimate of drug-likeness (QED) is 0.904. The third-order valence-corrected chi connectivity index (χ3v) is 2.68. The van der Waals surface area contributed by atoms with E-state index < -0.39 is 6.10 Å². The lowest BCUT2D eigenvalue weighted by molar-refractivity contribution is 0.220. The summed E-state index contributed by atoms with van der Waals surface area (Å²) in [5, 5.41) is 10.1. The molecule has 1 atom stereocenters. The minimum absolute atomic E-state index is 0.592. The largest absolute Gasteiger partial charge is 0.384 e. The number of hydrogen-bond donors (Lipinski definition) is 1. The summed E-state index contributed by atoms with van der Waals surface area (Å²) in [5.74, 6) is 0. The Kier molecular flexibility index (Phi) is 3.14. The van der Waals surface area contributed by atoms with Gasteiger partial charge in [-0.05, 0) is 35.4 Å². The molecule has 0 saturated heterocycles. The summed E-state index contributed by atoms with van der Waals surface area (Å²) in [5.41, 5.74) is 1.72. The van der Waals surface area contributed by atoms with Gasteiger partial charge in [-0.1, -0.05) is 28.1 Å². The van der Waals surface area contributed by atoms with Crippen LogP contribution >= 0.6 is 15.9 Å². The summed E-state index contributed by atoms with van der Waals surface area (Å²) >= 11 is 3.38. The SMILES string of the molecule is O[C@H](c1ccncc1)c1cccc(Br)c1. The van der Waals surface area contributed by atoms with Gasteiger partial charge in [0.1, 0.15) is 6.10 Å². The molecular formula is C12H10BrNO. The molecule has 2 nitrogen and oxygen atoms in total. The van der Waals surface area contributed by atoms with E-state index in [1.807, 2.05) is 36.4 Å². The highest BCUT2D eigenvalue weighted by molar-refractivity contribution is 9.10. The van der Waals surface area contributed by atoms with Crippen LogP contribution in [0.5, 0.6) is 0 Å². The third kappa shape index (κ3) is 2.43. The van der Waals surface area contributed by atoms with Gasteiger partial charge < -0.3 is 5.11 Å². The van der Waals surface area contributed by atoms with Crippen LogP contribution in [0.1, 0.15) is 17.2 Å². The topological polar surface area (TPSA) is 33.1 Å². The molecule has 15 heavy (non-hydrogen) atoms. The molecule has 1 aromatic heterocycles. The molecular weight excluding hydrogens is 254 g/mol. The number of aliphatic hydroxyl groups excluding tert-OH is 1. The maximum Gasteiger partial charge on any atom is 0.104 e. The van der Waals surface area contributed by atoms with Gasteiger partial charge in [-0.25, -0.2) is 0 Å². The minimum Gasteiger partial charge on any atom is -0.384 e. The first-order valence-electron chi connectivity index (χ1n) is 4.61. The molecule has 0 aliphatic heterocycles. The molecule has 0 fully saturated rings. The Morgan fingerprint density at radius 2 is 1.80 bits per heavy atom. The summed E-state index contributed by atoms with van der Waals surface area (Å²) in [6.07, 6.45) is 2.76. The fourth-order valence-electron chi connectivity index (χ4n) is 1.41. The fourth-order valence-corrected chi connectivity index (χ4v) is 1.83. The van der Waals surface area contributed by atoms with E-state index >= 15 is 0 Å². The van der Waals surface area contributed by atoms with E-state index in [0.29, 0.717) is 0 Å². The molecule has 0 saturated carbocycles. The van der Waals surface area contributed by atoms with Crippen LogP contribution in [0.15, 0.2) is 53.3 Å². The molecule has 1 N–H and O–H groups in total. The third-order valence-electron chi connectivity index (χ3n) is 2.19. The van der Waals surface area contributed by atoms with Crippen molar-refractivity contribution in [3.8, 4) is 0 Å². The van der Waals surface area contributed by atoms with Gasteiger partial charge >= 0.3 is 0 Å². The van der Waals surface area contributed by atoms with Gasteiger partial charge in [0.05, 0.1) is 0 Å². The van der Waals surface area contributed by atoms with Crippen molar-refractivity contribution in [2.45, 2.75) is 6.10 Å². The van der Waals surface area contributed by atoms with Crippen LogP contribution in [0.3, 0.4) is 0 Å². The minimum atomic E-state index is -0.592. The van der Waals surface area contributed by atoms with Crippen LogP contribution in [0.4, 0.5) is 0 Å². The zero-order valence-corrected chi connectivity index (χ0v) is 9.55. The molecule has 0 aliphatic rings. The van der Waals surface area contributed by atoms with Crippen LogP contribution in [0.25, 0.3) is 0 Å². The Labute approximate surface area is 96.7 Å². The van der Waals surface area contributed by atoms with E-state index in [4.69, 9.17) is 0 Å². The van der Waals surface area contributed by atoms with Crippen molar-refractivity contribution in [2.75, 3.05) is 0 Å². The van der Waals surface area contributed by atoms with Gasteiger partial charge in [0.25, 0.3) is 0 Å². The normalized spacial score (nSPS) is 12.4. The zero-order valence-electron chi connectivity index (χ0n) is 7.97. The maximum absolute atomic E-state index is 10.1. The van der Waals surface area contributed by atoms with Gasteiger partial charge in [-0.2, -0.15) is 0 Å². The van der Waals surface area contributed by atoms with Crippen molar-refractivity contribution in [3.05, 3.63) is 64.4 Å². The van der Waals surface area contributed by atoms with Gasteiger partial charge in [-0.15, -0.1) is 0 Å². The highest BCUT2D eigenvalue weighted by atomic mass is 79.9. The predicted molar refractivity (Wildman–Crippen MR) is 62.4 cm³/mol. The number of aromatic nitrogens is 1. The Balaban J connectivity index is 2.32. The number of hydrogen-bond acceptors (Lipinski definition) is 2. The molecule has 2 rings (SSSR count). The molecule has 0 bridgehead atoms. The molecule has 2 aromatic rings. The molecule has 1 heterocycles. The van der Waals surface area contributed by atoms with Crippen LogP contribution in [0.2, 0.25) is 0 Å². The van der Waals surface area contributed by atoms with Gasteiger partial charge in [0.15, 0.2) is 0 Å². The van der Waals surface area contributed by atoms with Crippen molar-refractivity contribution in [1.29, 1.82) is 0 Å². The molecule has 0 amide bonds. The average Bonchev–Trinajstić information content (AvgIpc) is 2.29. The lowest BCUT2D eigenvalue weighted by atomic mass is 10.0. The second kappa shape index (κ2) is 4.55. The number of pyridine rings is 1. The van der Waals surface area contributed by atoms with E-state index in [0.717, 1.165) is 15.6 Å². The van der Waals surface area contributed by atoms with Crippen molar-refractivity contribution < 1.29 is 5.11 Å². The fraction of sp³-hybridized carbons (Fsp3) is 0.0833. The molecule has 0 spiro atoms. The van der Waals surface area contributed by atoms with Crippen LogP contribution in [-0.2, 0) is 0 Å². The number of nitrogens with zero attached hydrogens (tertiary/aromatic N) is 1. The highest BCUT2D eigenvalue weighted by Gasteiger charge is 2.09. The molecule has 1 aromatic carbocycles. The van der Waals surface area contributed by atoms with Crippen molar-refractivity contribution >= 4 is 15.9 Å². The number of aliphatic hydroxyl groups is 1. The summed E-state index contributed by atoms with van der Waals surface area (Å²) in [6, 6.07) is 11.3. The second-order valence-electron chi connectivity index (χ2n) is 3.24. The first-order chi connectivity index (χ1) is 7.27. The predicted octanol–water partition coefficient (Wildman–Crippen LogP) is 2.93. The molecule has 76 valence electrons. The van der Waals surface area contributed by atoms with Gasteiger partial charge in [0, 0.05) is 16.9 Å². The van der Waals surface area contributed by atoms with E-state index in [-0.39, 0.29) is 0 Å². The smallest absolute Gasteiger partial charge is 0.104 e. The number of halogens is 1. The van der Waals surface area contributed by atoms with E-state index in [1.54, 1.807) is 12.4 Å².